The van der Waals surface area contributed by atoms with Gasteiger partial charge in [-0.25, -0.2) is 4.39 Å². The monoisotopic (exact) mass is 232 g/mol. The van der Waals surface area contributed by atoms with Crippen molar-refractivity contribution in [3.63, 3.8) is 0 Å². The van der Waals surface area contributed by atoms with Crippen molar-refractivity contribution < 1.29 is 4.39 Å². The van der Waals surface area contributed by atoms with E-state index < -0.39 is 0 Å². The van der Waals surface area contributed by atoms with Crippen molar-refractivity contribution in [3.8, 4) is 0 Å². The molecule has 68 valence electrons. The normalized spacial score (nSPS) is 11.0. The third-order valence-electron chi connectivity index (χ3n) is 1.81. The minimum atomic E-state index is -0.237. The average molecular weight is 233 g/mol. The third kappa shape index (κ3) is 1.45. The van der Waals surface area contributed by atoms with Crippen molar-refractivity contribution in [3.05, 3.63) is 28.4 Å². The SMILES string of the molecule is CSc1ccc(F)c2c(Cl)csc12. The minimum absolute atomic E-state index is 0.237. The maximum atomic E-state index is 13.3. The summed E-state index contributed by atoms with van der Waals surface area (Å²) >= 11 is 8.96. The summed E-state index contributed by atoms with van der Waals surface area (Å²) in [5, 5.41) is 2.83. The van der Waals surface area contributed by atoms with Crippen LogP contribution in [0.15, 0.2) is 22.4 Å². The predicted molar refractivity (Wildman–Crippen MR) is 58.6 cm³/mol. The molecule has 0 spiro atoms. The largest absolute Gasteiger partial charge is 0.206 e. The number of thiophene rings is 1. The first-order valence-electron chi connectivity index (χ1n) is 3.63. The molecule has 0 fully saturated rings. The molecule has 2 aromatic rings. The van der Waals surface area contributed by atoms with E-state index in [-0.39, 0.29) is 5.82 Å². The van der Waals surface area contributed by atoms with Crippen molar-refractivity contribution in [2.75, 3.05) is 6.26 Å². The van der Waals surface area contributed by atoms with Gasteiger partial charge in [0.25, 0.3) is 0 Å². The maximum absolute atomic E-state index is 13.3. The van der Waals surface area contributed by atoms with E-state index in [1.54, 1.807) is 23.2 Å². The second-order valence-electron chi connectivity index (χ2n) is 2.54. The fraction of sp³-hybridized carbons (Fsp3) is 0.111. The lowest BCUT2D eigenvalue weighted by Crippen LogP contribution is -1.77. The van der Waals surface area contributed by atoms with E-state index in [1.807, 2.05) is 6.26 Å². The van der Waals surface area contributed by atoms with Gasteiger partial charge in [-0.05, 0) is 18.4 Å². The predicted octanol–water partition coefficient (Wildman–Crippen LogP) is 4.42. The topological polar surface area (TPSA) is 0 Å². The van der Waals surface area contributed by atoms with Crippen LogP contribution < -0.4 is 0 Å². The van der Waals surface area contributed by atoms with E-state index in [2.05, 4.69) is 0 Å². The Morgan fingerprint density at radius 2 is 2.23 bits per heavy atom. The zero-order chi connectivity index (χ0) is 9.42. The molecule has 13 heavy (non-hydrogen) atoms. The highest BCUT2D eigenvalue weighted by atomic mass is 35.5. The summed E-state index contributed by atoms with van der Waals surface area (Å²) in [7, 11) is 0. The van der Waals surface area contributed by atoms with Gasteiger partial charge in [0.2, 0.25) is 0 Å². The maximum Gasteiger partial charge on any atom is 0.133 e. The van der Waals surface area contributed by atoms with Crippen LogP contribution in [0.4, 0.5) is 4.39 Å². The number of hydrogen-bond donors (Lipinski definition) is 0. The molecule has 0 aliphatic carbocycles. The highest BCUT2D eigenvalue weighted by molar-refractivity contribution is 7.99. The fourth-order valence-electron chi connectivity index (χ4n) is 1.21. The van der Waals surface area contributed by atoms with Crippen LogP contribution >= 0.6 is 34.7 Å². The average Bonchev–Trinajstić information content (AvgIpc) is 2.50. The smallest absolute Gasteiger partial charge is 0.133 e. The van der Waals surface area contributed by atoms with Gasteiger partial charge in [-0.3, -0.25) is 0 Å². The van der Waals surface area contributed by atoms with Crippen molar-refractivity contribution >= 4 is 44.8 Å². The first-order chi connectivity index (χ1) is 6.24. The molecule has 0 aliphatic rings. The van der Waals surface area contributed by atoms with Crippen molar-refractivity contribution in [2.45, 2.75) is 4.90 Å². The lowest BCUT2D eigenvalue weighted by molar-refractivity contribution is 0.639. The Morgan fingerprint density at radius 3 is 2.92 bits per heavy atom. The van der Waals surface area contributed by atoms with Crippen LogP contribution in [0, 0.1) is 5.82 Å². The molecule has 0 aliphatic heterocycles. The summed E-state index contributed by atoms with van der Waals surface area (Å²) in [6.07, 6.45) is 1.97. The van der Waals surface area contributed by atoms with E-state index in [0.717, 1.165) is 9.60 Å². The van der Waals surface area contributed by atoms with Crippen LogP contribution in [0.1, 0.15) is 0 Å². The number of halogens is 2. The molecule has 0 radical (unpaired) electrons. The van der Waals surface area contributed by atoms with E-state index in [4.69, 9.17) is 11.6 Å². The van der Waals surface area contributed by atoms with Gasteiger partial charge in [-0.2, -0.15) is 0 Å². The first-order valence-corrected chi connectivity index (χ1v) is 6.11. The first kappa shape index (κ1) is 9.31. The van der Waals surface area contributed by atoms with E-state index in [9.17, 15) is 4.39 Å². The van der Waals surface area contributed by atoms with Gasteiger partial charge in [-0.1, -0.05) is 11.6 Å². The Hall–Kier alpha value is -0.250. The molecular formula is C9H6ClFS2. The van der Waals surface area contributed by atoms with Crippen molar-refractivity contribution in [2.24, 2.45) is 0 Å². The second kappa shape index (κ2) is 3.48. The van der Waals surface area contributed by atoms with Crippen molar-refractivity contribution in [1.82, 2.24) is 0 Å². The molecule has 0 N–H and O–H groups in total. The highest BCUT2D eigenvalue weighted by Crippen LogP contribution is 2.37. The van der Waals surface area contributed by atoms with Gasteiger partial charge in [0.05, 0.1) is 9.72 Å². The summed E-state index contributed by atoms with van der Waals surface area (Å²) in [6, 6.07) is 3.25. The van der Waals surface area contributed by atoms with E-state index in [0.29, 0.717) is 10.4 Å². The highest BCUT2D eigenvalue weighted by Gasteiger charge is 2.10. The van der Waals surface area contributed by atoms with Crippen LogP contribution in [0.5, 0.6) is 0 Å². The Morgan fingerprint density at radius 1 is 1.46 bits per heavy atom. The lowest BCUT2D eigenvalue weighted by Gasteiger charge is -1.99. The quantitative estimate of drug-likeness (QED) is 0.656. The van der Waals surface area contributed by atoms with Gasteiger partial charge < -0.3 is 0 Å². The molecule has 4 heteroatoms. The van der Waals surface area contributed by atoms with Crippen LogP contribution in [-0.4, -0.2) is 6.26 Å². The fourth-order valence-corrected chi connectivity index (χ4v) is 3.32. The number of hydrogen-bond acceptors (Lipinski definition) is 2. The van der Waals surface area contributed by atoms with E-state index in [1.165, 1.54) is 17.4 Å². The van der Waals surface area contributed by atoms with Crippen molar-refractivity contribution in [1.29, 1.82) is 0 Å². The molecule has 1 aromatic heterocycles. The molecule has 1 heterocycles. The number of thioether (sulfide) groups is 1. The van der Waals surface area contributed by atoms with Gasteiger partial charge in [0, 0.05) is 15.7 Å². The lowest BCUT2D eigenvalue weighted by atomic mass is 10.2. The number of rotatable bonds is 1. The molecule has 0 atom stereocenters. The summed E-state index contributed by atoms with van der Waals surface area (Å²) in [5.41, 5.74) is 0. The zero-order valence-corrected chi connectivity index (χ0v) is 9.19. The molecule has 0 saturated carbocycles. The molecule has 0 amide bonds. The Bertz CT molecular complexity index is 450. The Labute approximate surface area is 88.7 Å². The van der Waals surface area contributed by atoms with Crippen LogP contribution in [-0.2, 0) is 0 Å². The molecule has 0 nitrogen and oxygen atoms in total. The number of benzene rings is 1. The van der Waals surface area contributed by atoms with Crippen LogP contribution in [0.25, 0.3) is 10.1 Å². The molecule has 0 bridgehead atoms. The number of fused-ring (bicyclic) bond motifs is 1. The van der Waals surface area contributed by atoms with Crippen LogP contribution in [0.3, 0.4) is 0 Å². The Kier molecular flexibility index (Phi) is 2.49. The third-order valence-corrected chi connectivity index (χ3v) is 4.16. The molecule has 1 aromatic carbocycles. The van der Waals surface area contributed by atoms with Crippen LogP contribution in [0.2, 0.25) is 5.02 Å². The Balaban J connectivity index is 2.87. The second-order valence-corrected chi connectivity index (χ2v) is 4.67. The zero-order valence-electron chi connectivity index (χ0n) is 6.80. The standard InChI is InChI=1S/C9H6ClFS2/c1-12-7-3-2-6(11)8-5(10)4-13-9(7)8/h2-4H,1H3. The molecule has 0 saturated heterocycles. The summed E-state index contributed by atoms with van der Waals surface area (Å²) < 4.78 is 14.3. The van der Waals surface area contributed by atoms with Gasteiger partial charge in [0.1, 0.15) is 5.82 Å². The van der Waals surface area contributed by atoms with Gasteiger partial charge in [-0.15, -0.1) is 23.1 Å². The summed E-state index contributed by atoms with van der Waals surface area (Å²) in [4.78, 5) is 1.08. The van der Waals surface area contributed by atoms with E-state index >= 15 is 0 Å². The molecule has 0 unspecified atom stereocenters. The molecular weight excluding hydrogens is 227 g/mol. The minimum Gasteiger partial charge on any atom is -0.206 e. The summed E-state index contributed by atoms with van der Waals surface area (Å²) in [5.74, 6) is -0.237. The molecule has 2 rings (SSSR count). The summed E-state index contributed by atoms with van der Waals surface area (Å²) in [6.45, 7) is 0. The van der Waals surface area contributed by atoms with Gasteiger partial charge in [0.15, 0.2) is 0 Å². The van der Waals surface area contributed by atoms with Gasteiger partial charge >= 0.3 is 0 Å².